The third kappa shape index (κ3) is 4.39. The molecule has 0 spiro atoms. The van der Waals surface area contributed by atoms with Crippen molar-refractivity contribution in [2.24, 2.45) is 0 Å². The number of ether oxygens (including phenoxy) is 3. The minimum absolute atomic E-state index is 0.0842. The molecule has 10 nitrogen and oxygen atoms in total. The first kappa shape index (κ1) is 25.7. The van der Waals surface area contributed by atoms with E-state index in [9.17, 15) is 14.7 Å². The molecule has 39 heavy (non-hydrogen) atoms. The van der Waals surface area contributed by atoms with Crippen LogP contribution in [0.3, 0.4) is 0 Å². The number of aromatic nitrogens is 2. The van der Waals surface area contributed by atoms with Crippen molar-refractivity contribution in [1.82, 2.24) is 9.97 Å². The summed E-state index contributed by atoms with van der Waals surface area (Å²) in [4.78, 5) is 38.1. The number of methoxy groups -OCH3 is 3. The minimum atomic E-state index is -0.963. The van der Waals surface area contributed by atoms with Gasteiger partial charge in [0, 0.05) is 31.9 Å². The van der Waals surface area contributed by atoms with Crippen molar-refractivity contribution in [1.29, 1.82) is 0 Å². The highest BCUT2D eigenvalue weighted by molar-refractivity contribution is 6.51. The van der Waals surface area contributed by atoms with Gasteiger partial charge < -0.3 is 29.2 Å². The zero-order chi connectivity index (χ0) is 27.8. The van der Waals surface area contributed by atoms with E-state index in [0.29, 0.717) is 28.1 Å². The molecular weight excluding hydrogens is 500 g/mol. The van der Waals surface area contributed by atoms with Crippen LogP contribution in [0.2, 0.25) is 0 Å². The molecule has 4 aromatic rings. The van der Waals surface area contributed by atoms with E-state index in [1.807, 2.05) is 43.3 Å². The maximum absolute atomic E-state index is 13.6. The first-order chi connectivity index (χ1) is 18.8. The predicted molar refractivity (Wildman–Crippen MR) is 148 cm³/mol. The highest BCUT2D eigenvalue weighted by atomic mass is 16.5. The summed E-state index contributed by atoms with van der Waals surface area (Å²) in [7, 11) is 8.35. The number of amides is 1. The van der Waals surface area contributed by atoms with Gasteiger partial charge in [0.2, 0.25) is 5.95 Å². The number of hydrogen-bond acceptors (Lipinski definition) is 8. The summed E-state index contributed by atoms with van der Waals surface area (Å²) in [5.41, 5.74) is 2.94. The topological polar surface area (TPSA) is 117 Å². The molecule has 0 radical (unpaired) electrons. The zero-order valence-corrected chi connectivity index (χ0v) is 22.2. The quantitative estimate of drug-likeness (QED) is 0.207. The van der Waals surface area contributed by atoms with E-state index in [-0.39, 0.29) is 28.6 Å². The third-order valence-corrected chi connectivity index (χ3v) is 6.74. The summed E-state index contributed by atoms with van der Waals surface area (Å²) in [5.74, 6) is -0.449. The molecule has 1 aliphatic heterocycles. The number of imidazole rings is 1. The SMILES string of the molecule is COc1ccc(/C(O)=C2\C(=O)C(=O)N(c3nc4ccc(OC)cc4[nH]3)C2c2ccc(N(C)C)cc2)c(OC)c1. The number of aliphatic hydroxyl groups excluding tert-OH is 1. The smallest absolute Gasteiger partial charge is 0.302 e. The number of carbonyl (C=O) groups excluding carboxylic acids is 2. The average Bonchev–Trinajstić information content (AvgIpc) is 3.49. The van der Waals surface area contributed by atoms with Crippen LogP contribution in [0, 0.1) is 0 Å². The van der Waals surface area contributed by atoms with Crippen LogP contribution in [0.4, 0.5) is 11.6 Å². The van der Waals surface area contributed by atoms with E-state index in [0.717, 1.165) is 5.69 Å². The highest BCUT2D eigenvalue weighted by Gasteiger charge is 2.48. The number of Topliss-reactive ketones (excluding diaryl/α,β-unsaturated/α-hetero) is 1. The van der Waals surface area contributed by atoms with E-state index in [4.69, 9.17) is 14.2 Å². The largest absolute Gasteiger partial charge is 0.507 e. The van der Waals surface area contributed by atoms with Crippen LogP contribution in [0.25, 0.3) is 16.8 Å². The number of H-pyrrole nitrogens is 1. The van der Waals surface area contributed by atoms with Gasteiger partial charge in [-0.1, -0.05) is 12.1 Å². The maximum Gasteiger partial charge on any atom is 0.302 e. The second kappa shape index (κ2) is 10.1. The number of aromatic amines is 1. The Balaban J connectivity index is 1.72. The molecule has 0 bridgehead atoms. The number of rotatable bonds is 7. The molecule has 1 fully saturated rings. The summed E-state index contributed by atoms with van der Waals surface area (Å²) < 4.78 is 16.0. The fraction of sp³-hybridized carbons (Fsp3) is 0.207. The number of hydrogen-bond donors (Lipinski definition) is 2. The normalized spacial score (nSPS) is 16.5. The number of nitrogens with zero attached hydrogens (tertiary/aromatic N) is 3. The van der Waals surface area contributed by atoms with Gasteiger partial charge in [-0.05, 0) is 42.0 Å². The third-order valence-electron chi connectivity index (χ3n) is 6.74. The molecular formula is C29H28N4O6. The van der Waals surface area contributed by atoms with Crippen molar-refractivity contribution >= 4 is 40.1 Å². The molecule has 1 aliphatic rings. The molecule has 10 heteroatoms. The lowest BCUT2D eigenvalue weighted by molar-refractivity contribution is -0.132. The Morgan fingerprint density at radius 2 is 1.59 bits per heavy atom. The summed E-state index contributed by atoms with van der Waals surface area (Å²) in [6.45, 7) is 0. The first-order valence-corrected chi connectivity index (χ1v) is 12.1. The van der Waals surface area contributed by atoms with Crippen molar-refractivity contribution in [3.05, 3.63) is 77.4 Å². The molecule has 5 rings (SSSR count). The predicted octanol–water partition coefficient (Wildman–Crippen LogP) is 4.28. The number of fused-ring (bicyclic) bond motifs is 1. The van der Waals surface area contributed by atoms with Crippen LogP contribution in [0.5, 0.6) is 17.2 Å². The molecule has 3 aromatic carbocycles. The van der Waals surface area contributed by atoms with E-state index in [1.165, 1.54) is 19.1 Å². The van der Waals surface area contributed by atoms with Crippen molar-refractivity contribution in [2.45, 2.75) is 6.04 Å². The maximum atomic E-state index is 13.6. The Bertz CT molecular complexity index is 1610. The number of aliphatic hydroxyl groups is 1. The van der Waals surface area contributed by atoms with Gasteiger partial charge in [-0.15, -0.1) is 0 Å². The Morgan fingerprint density at radius 3 is 2.23 bits per heavy atom. The van der Waals surface area contributed by atoms with Gasteiger partial charge >= 0.3 is 5.91 Å². The Labute approximate surface area is 225 Å². The van der Waals surface area contributed by atoms with E-state index >= 15 is 0 Å². The van der Waals surface area contributed by atoms with Crippen LogP contribution >= 0.6 is 0 Å². The molecule has 0 saturated carbocycles. The van der Waals surface area contributed by atoms with Crippen molar-refractivity contribution < 1.29 is 28.9 Å². The molecule has 1 atom stereocenters. The van der Waals surface area contributed by atoms with Gasteiger partial charge in [0.25, 0.3) is 5.78 Å². The fourth-order valence-electron chi connectivity index (χ4n) is 4.68. The standard InChI is InChI=1S/C29H28N4O6/c1-32(2)17-8-6-16(7-9-17)25-24(26(34)20-12-10-19(38-4)15-23(20)39-5)27(35)28(36)33(25)29-30-21-13-11-18(37-3)14-22(21)31-29/h6-15,25,34H,1-5H3,(H,30,31)/b26-24+. The van der Waals surface area contributed by atoms with E-state index in [1.54, 1.807) is 43.5 Å². The van der Waals surface area contributed by atoms with Crippen molar-refractivity contribution in [3.8, 4) is 17.2 Å². The van der Waals surface area contributed by atoms with Gasteiger partial charge in [0.15, 0.2) is 0 Å². The Hall–Kier alpha value is -4.99. The molecule has 0 aliphatic carbocycles. The number of ketones is 1. The molecule has 2 heterocycles. The molecule has 1 unspecified atom stereocenters. The fourth-order valence-corrected chi connectivity index (χ4v) is 4.68. The highest BCUT2D eigenvalue weighted by Crippen LogP contribution is 2.43. The lowest BCUT2D eigenvalue weighted by Crippen LogP contribution is -2.30. The van der Waals surface area contributed by atoms with Crippen LogP contribution in [0.1, 0.15) is 17.2 Å². The van der Waals surface area contributed by atoms with Crippen molar-refractivity contribution in [2.75, 3.05) is 45.2 Å². The lowest BCUT2D eigenvalue weighted by atomic mass is 9.95. The summed E-state index contributed by atoms with van der Waals surface area (Å²) in [6, 6.07) is 16.5. The Kier molecular flexibility index (Phi) is 6.61. The second-order valence-electron chi connectivity index (χ2n) is 9.16. The van der Waals surface area contributed by atoms with Gasteiger partial charge in [0.1, 0.15) is 23.0 Å². The molecule has 1 saturated heterocycles. The molecule has 1 amide bonds. The molecule has 1 aromatic heterocycles. The van der Waals surface area contributed by atoms with Gasteiger partial charge in [0.05, 0.1) is 49.5 Å². The number of carbonyl (C=O) groups is 2. The van der Waals surface area contributed by atoms with Gasteiger partial charge in [-0.3, -0.25) is 14.5 Å². The number of anilines is 2. The second-order valence-corrected chi connectivity index (χ2v) is 9.16. The lowest BCUT2D eigenvalue weighted by Gasteiger charge is -2.24. The summed E-state index contributed by atoms with van der Waals surface area (Å²) in [6.07, 6.45) is 0. The molecule has 2 N–H and O–H groups in total. The average molecular weight is 529 g/mol. The first-order valence-electron chi connectivity index (χ1n) is 12.1. The van der Waals surface area contributed by atoms with E-state index in [2.05, 4.69) is 9.97 Å². The summed E-state index contributed by atoms with van der Waals surface area (Å²) in [5, 5.41) is 11.5. The monoisotopic (exact) mass is 528 g/mol. The van der Waals surface area contributed by atoms with Gasteiger partial charge in [-0.2, -0.15) is 0 Å². The van der Waals surface area contributed by atoms with Crippen molar-refractivity contribution in [3.63, 3.8) is 0 Å². The van der Waals surface area contributed by atoms with Crippen LogP contribution in [0.15, 0.2) is 66.2 Å². The zero-order valence-electron chi connectivity index (χ0n) is 22.2. The summed E-state index contributed by atoms with van der Waals surface area (Å²) >= 11 is 0. The number of benzene rings is 3. The van der Waals surface area contributed by atoms with Crippen LogP contribution in [-0.2, 0) is 9.59 Å². The minimum Gasteiger partial charge on any atom is -0.507 e. The number of nitrogens with one attached hydrogen (secondary N) is 1. The van der Waals surface area contributed by atoms with Crippen LogP contribution < -0.4 is 24.0 Å². The van der Waals surface area contributed by atoms with Gasteiger partial charge in [-0.25, -0.2) is 4.98 Å². The van der Waals surface area contributed by atoms with E-state index < -0.39 is 17.7 Å². The Morgan fingerprint density at radius 1 is 0.923 bits per heavy atom. The molecule has 200 valence electrons. The van der Waals surface area contributed by atoms with Crippen LogP contribution in [-0.4, -0.2) is 62.2 Å².